The van der Waals surface area contributed by atoms with Crippen LogP contribution in [0.4, 0.5) is 34.1 Å². The van der Waals surface area contributed by atoms with Crippen molar-refractivity contribution in [3.8, 4) is 5.69 Å². The minimum atomic E-state index is 0.961. The number of rotatable bonds is 7. The molecule has 0 aliphatic heterocycles. The SMILES string of the molecule is c1ccc(N(c2ccccc2)c2ccc(N(c3ccccc3)c3ccc(-n4c5ccccc5c5cccnc54)cc3)cc2)cc1. The predicted octanol–water partition coefficient (Wildman–Crippen LogP) is 11.1. The molecule has 4 heteroatoms. The van der Waals surface area contributed by atoms with Gasteiger partial charge < -0.3 is 9.80 Å². The quantitative estimate of drug-likeness (QED) is 0.188. The summed E-state index contributed by atoms with van der Waals surface area (Å²) in [7, 11) is 0. The predicted molar refractivity (Wildman–Crippen MR) is 188 cm³/mol. The molecular formula is C41H30N4. The maximum atomic E-state index is 4.76. The monoisotopic (exact) mass is 578 g/mol. The van der Waals surface area contributed by atoms with Gasteiger partial charge in [-0.05, 0) is 103 Å². The molecule has 2 aromatic heterocycles. The smallest absolute Gasteiger partial charge is 0.145 e. The van der Waals surface area contributed by atoms with Crippen molar-refractivity contribution in [1.82, 2.24) is 9.55 Å². The fourth-order valence-electron chi connectivity index (χ4n) is 6.18. The van der Waals surface area contributed by atoms with Crippen LogP contribution in [0.5, 0.6) is 0 Å². The zero-order valence-corrected chi connectivity index (χ0v) is 24.6. The molecule has 0 N–H and O–H groups in total. The van der Waals surface area contributed by atoms with Gasteiger partial charge in [0.1, 0.15) is 5.65 Å². The van der Waals surface area contributed by atoms with E-state index in [1.165, 1.54) is 5.39 Å². The second-order valence-corrected chi connectivity index (χ2v) is 10.9. The Morgan fingerprint density at radius 1 is 0.356 bits per heavy atom. The summed E-state index contributed by atoms with van der Waals surface area (Å²) in [6.45, 7) is 0. The second kappa shape index (κ2) is 11.5. The maximum absolute atomic E-state index is 4.76. The first-order chi connectivity index (χ1) is 22.3. The molecule has 8 rings (SSSR count). The first-order valence-electron chi connectivity index (χ1n) is 15.2. The average molecular weight is 579 g/mol. The largest absolute Gasteiger partial charge is 0.311 e. The Hall–Kier alpha value is -6.13. The van der Waals surface area contributed by atoms with Gasteiger partial charge in [0.2, 0.25) is 0 Å². The molecule has 0 aliphatic rings. The molecule has 8 aromatic rings. The van der Waals surface area contributed by atoms with E-state index < -0.39 is 0 Å². The van der Waals surface area contributed by atoms with E-state index in [1.54, 1.807) is 0 Å². The minimum absolute atomic E-state index is 0.961. The number of nitrogens with zero attached hydrogens (tertiary/aromatic N) is 4. The summed E-state index contributed by atoms with van der Waals surface area (Å²) in [6.07, 6.45) is 1.86. The summed E-state index contributed by atoms with van der Waals surface area (Å²) in [5.74, 6) is 0. The van der Waals surface area contributed by atoms with Gasteiger partial charge in [-0.2, -0.15) is 0 Å². The van der Waals surface area contributed by atoms with Crippen LogP contribution in [0, 0.1) is 0 Å². The van der Waals surface area contributed by atoms with E-state index >= 15 is 0 Å². The number of anilines is 6. The normalized spacial score (nSPS) is 11.1. The number of hydrogen-bond acceptors (Lipinski definition) is 3. The molecule has 0 saturated carbocycles. The summed E-state index contributed by atoms with van der Waals surface area (Å²) >= 11 is 0. The summed E-state index contributed by atoms with van der Waals surface area (Å²) in [4.78, 5) is 9.34. The van der Waals surface area contributed by atoms with Crippen LogP contribution in [-0.4, -0.2) is 9.55 Å². The third-order valence-corrected chi connectivity index (χ3v) is 8.21. The van der Waals surface area contributed by atoms with Crippen LogP contribution >= 0.6 is 0 Å². The van der Waals surface area contributed by atoms with Crippen molar-refractivity contribution >= 4 is 56.1 Å². The van der Waals surface area contributed by atoms with E-state index in [4.69, 9.17) is 4.98 Å². The number of hydrogen-bond donors (Lipinski definition) is 0. The van der Waals surface area contributed by atoms with Crippen molar-refractivity contribution in [2.24, 2.45) is 0 Å². The summed E-state index contributed by atoms with van der Waals surface area (Å²) in [5, 5.41) is 2.36. The van der Waals surface area contributed by atoms with Crippen molar-refractivity contribution < 1.29 is 0 Å². The molecule has 0 aliphatic carbocycles. The van der Waals surface area contributed by atoms with Crippen molar-refractivity contribution in [3.63, 3.8) is 0 Å². The van der Waals surface area contributed by atoms with Gasteiger partial charge in [0.05, 0.1) is 5.52 Å². The van der Waals surface area contributed by atoms with Crippen LogP contribution in [-0.2, 0) is 0 Å². The first kappa shape index (κ1) is 26.5. The molecule has 0 atom stereocenters. The standard InChI is InChI=1S/C41H30N4/c1-4-13-31(14-5-1)43(32-15-6-2-7-16-32)34-22-24-35(25-23-34)44(33-17-8-3-9-18-33)36-26-28-37(29-27-36)45-40-21-11-10-19-38(40)39-20-12-30-42-41(39)45/h1-30H. The Balaban J connectivity index is 1.20. The fraction of sp³-hybridized carbons (Fsp3) is 0. The lowest BCUT2D eigenvalue weighted by Gasteiger charge is -2.28. The summed E-state index contributed by atoms with van der Waals surface area (Å²) in [5.41, 5.74) is 9.77. The average Bonchev–Trinajstić information content (AvgIpc) is 3.45. The molecule has 4 nitrogen and oxygen atoms in total. The van der Waals surface area contributed by atoms with E-state index in [0.29, 0.717) is 0 Å². The molecule has 6 aromatic carbocycles. The highest BCUT2D eigenvalue weighted by molar-refractivity contribution is 6.07. The lowest BCUT2D eigenvalue weighted by Crippen LogP contribution is -2.12. The van der Waals surface area contributed by atoms with Gasteiger partial charge in [-0.15, -0.1) is 0 Å². The van der Waals surface area contributed by atoms with Crippen LogP contribution in [0.2, 0.25) is 0 Å². The zero-order chi connectivity index (χ0) is 30.0. The molecule has 2 heterocycles. The van der Waals surface area contributed by atoms with Gasteiger partial charge in [-0.1, -0.05) is 72.8 Å². The molecule has 0 spiro atoms. The number of aromatic nitrogens is 2. The Kier molecular flexibility index (Phi) is 6.78. The Bertz CT molecular complexity index is 2100. The van der Waals surface area contributed by atoms with Crippen LogP contribution in [0.3, 0.4) is 0 Å². The summed E-state index contributed by atoms with van der Waals surface area (Å²) in [6, 6.07) is 61.7. The lowest BCUT2D eigenvalue weighted by molar-refractivity contribution is 1.13. The molecule has 45 heavy (non-hydrogen) atoms. The molecule has 0 fully saturated rings. The molecule has 0 radical (unpaired) electrons. The van der Waals surface area contributed by atoms with Crippen LogP contribution < -0.4 is 9.80 Å². The van der Waals surface area contributed by atoms with Gasteiger partial charge in [0, 0.05) is 56.8 Å². The van der Waals surface area contributed by atoms with Crippen LogP contribution in [0.1, 0.15) is 0 Å². The third kappa shape index (κ3) is 4.89. The van der Waals surface area contributed by atoms with Gasteiger partial charge in [-0.25, -0.2) is 4.98 Å². The van der Waals surface area contributed by atoms with Gasteiger partial charge >= 0.3 is 0 Å². The Morgan fingerprint density at radius 2 is 0.756 bits per heavy atom. The highest BCUT2D eigenvalue weighted by Gasteiger charge is 2.17. The second-order valence-electron chi connectivity index (χ2n) is 10.9. The maximum Gasteiger partial charge on any atom is 0.145 e. The molecule has 0 saturated heterocycles. The van der Waals surface area contributed by atoms with Crippen molar-refractivity contribution in [2.45, 2.75) is 0 Å². The van der Waals surface area contributed by atoms with E-state index in [2.05, 4.69) is 184 Å². The van der Waals surface area contributed by atoms with Crippen molar-refractivity contribution in [1.29, 1.82) is 0 Å². The third-order valence-electron chi connectivity index (χ3n) is 8.21. The van der Waals surface area contributed by atoms with Crippen LogP contribution in [0.15, 0.2) is 182 Å². The van der Waals surface area contributed by atoms with Gasteiger partial charge in [0.25, 0.3) is 0 Å². The number of benzene rings is 6. The molecule has 214 valence electrons. The van der Waals surface area contributed by atoms with Crippen LogP contribution in [0.25, 0.3) is 27.6 Å². The minimum Gasteiger partial charge on any atom is -0.311 e. The number of fused-ring (bicyclic) bond motifs is 3. The molecule has 0 amide bonds. The van der Waals surface area contributed by atoms with Gasteiger partial charge in [-0.3, -0.25) is 4.57 Å². The molecule has 0 unspecified atom stereocenters. The van der Waals surface area contributed by atoms with E-state index in [9.17, 15) is 0 Å². The molecule has 0 bridgehead atoms. The van der Waals surface area contributed by atoms with E-state index in [-0.39, 0.29) is 0 Å². The number of para-hydroxylation sites is 4. The van der Waals surface area contributed by atoms with Crippen molar-refractivity contribution in [2.75, 3.05) is 9.80 Å². The fourth-order valence-corrected chi connectivity index (χ4v) is 6.18. The topological polar surface area (TPSA) is 24.3 Å². The molecular weight excluding hydrogens is 548 g/mol. The van der Waals surface area contributed by atoms with Gasteiger partial charge in [0.15, 0.2) is 0 Å². The highest BCUT2D eigenvalue weighted by atomic mass is 15.2. The lowest BCUT2D eigenvalue weighted by atomic mass is 10.1. The number of pyridine rings is 1. The van der Waals surface area contributed by atoms with E-state index in [1.807, 2.05) is 12.3 Å². The summed E-state index contributed by atoms with van der Waals surface area (Å²) < 4.78 is 2.25. The van der Waals surface area contributed by atoms with E-state index in [0.717, 1.165) is 56.4 Å². The zero-order valence-electron chi connectivity index (χ0n) is 24.6. The Morgan fingerprint density at radius 3 is 1.27 bits per heavy atom. The first-order valence-corrected chi connectivity index (χ1v) is 15.2. The Labute approximate surface area is 262 Å². The van der Waals surface area contributed by atoms with Crippen molar-refractivity contribution in [3.05, 3.63) is 182 Å². The highest BCUT2D eigenvalue weighted by Crippen LogP contribution is 2.39.